The van der Waals surface area contributed by atoms with E-state index in [-0.39, 0.29) is 43.6 Å². The van der Waals surface area contributed by atoms with E-state index in [0.29, 0.717) is 6.54 Å². The number of thiol groups is 2. The molecular formula is C7H20N3NaO2S2. The van der Waals surface area contributed by atoms with Crippen molar-refractivity contribution in [3.63, 3.8) is 0 Å². The van der Waals surface area contributed by atoms with E-state index in [0.717, 1.165) is 6.54 Å². The minimum absolute atomic E-state index is 0. The molecule has 2 amide bonds. The molecule has 0 fully saturated rings. The van der Waals surface area contributed by atoms with Crippen LogP contribution >= 0.6 is 25.3 Å². The standard InChI is InChI=1S/C5H12N2OS.CH3NOS.CH4.Na.H/c1-7(2)4-3-6-5(8)9;2-1(3)4;;;/h3-4H2,1-2H3,(H2,6,8,9);(H3,2,3,4);1H4;;/q;;;+1;-1. The van der Waals surface area contributed by atoms with Gasteiger partial charge < -0.3 is 17.4 Å². The van der Waals surface area contributed by atoms with Gasteiger partial charge in [-0.15, -0.1) is 0 Å². The second kappa shape index (κ2) is 17.0. The van der Waals surface area contributed by atoms with Crippen LogP contribution in [-0.2, 0) is 0 Å². The monoisotopic (exact) mass is 265 g/mol. The zero-order valence-electron chi connectivity index (χ0n) is 9.65. The van der Waals surface area contributed by atoms with E-state index < -0.39 is 5.24 Å². The molecule has 0 aliphatic heterocycles. The third kappa shape index (κ3) is 53.2. The molecule has 0 radical (unpaired) electrons. The molecular weight excluding hydrogens is 245 g/mol. The zero-order valence-corrected chi connectivity index (χ0v) is 12.4. The van der Waals surface area contributed by atoms with Crippen LogP contribution in [0.4, 0.5) is 9.59 Å². The van der Waals surface area contributed by atoms with Crippen LogP contribution in [0.15, 0.2) is 0 Å². The smallest absolute Gasteiger partial charge is 1.00 e. The molecule has 0 saturated carbocycles. The molecule has 0 aliphatic carbocycles. The molecule has 0 rings (SSSR count). The van der Waals surface area contributed by atoms with Crippen molar-refractivity contribution in [1.82, 2.24) is 10.2 Å². The largest absolute Gasteiger partial charge is 1.00 e. The van der Waals surface area contributed by atoms with E-state index in [2.05, 4.69) is 36.3 Å². The number of rotatable bonds is 3. The summed E-state index contributed by atoms with van der Waals surface area (Å²) >= 11 is 6.64. The van der Waals surface area contributed by atoms with Gasteiger partial charge in [0.25, 0.3) is 10.5 Å². The van der Waals surface area contributed by atoms with Gasteiger partial charge in [0, 0.05) is 13.1 Å². The van der Waals surface area contributed by atoms with Crippen LogP contribution in [0.1, 0.15) is 8.85 Å². The molecule has 88 valence electrons. The number of carbonyl (C=O) groups is 2. The summed E-state index contributed by atoms with van der Waals surface area (Å²) in [6.45, 7) is 1.52. The fourth-order valence-electron chi connectivity index (χ4n) is 0.386. The third-order valence-electron chi connectivity index (χ3n) is 0.835. The second-order valence-corrected chi connectivity index (χ2v) is 3.22. The number of amides is 2. The van der Waals surface area contributed by atoms with Crippen LogP contribution in [0, 0.1) is 0 Å². The van der Waals surface area contributed by atoms with Gasteiger partial charge in [0.15, 0.2) is 0 Å². The van der Waals surface area contributed by atoms with Gasteiger partial charge in [-0.25, -0.2) is 0 Å². The molecule has 0 bridgehead atoms. The first-order valence-electron chi connectivity index (χ1n) is 3.46. The van der Waals surface area contributed by atoms with Gasteiger partial charge >= 0.3 is 29.6 Å². The van der Waals surface area contributed by atoms with Crippen LogP contribution in [0.2, 0.25) is 0 Å². The number of primary amides is 1. The van der Waals surface area contributed by atoms with Crippen molar-refractivity contribution in [2.75, 3.05) is 27.2 Å². The number of likely N-dealkylation sites (N-methyl/N-ethyl adjacent to an activating group) is 1. The van der Waals surface area contributed by atoms with Gasteiger partial charge in [0.1, 0.15) is 0 Å². The van der Waals surface area contributed by atoms with E-state index in [1.165, 1.54) is 0 Å². The summed E-state index contributed by atoms with van der Waals surface area (Å²) in [5.74, 6) is 0. The van der Waals surface area contributed by atoms with E-state index in [1.807, 2.05) is 19.0 Å². The van der Waals surface area contributed by atoms with Crippen molar-refractivity contribution in [1.29, 1.82) is 0 Å². The van der Waals surface area contributed by atoms with Crippen molar-refractivity contribution >= 4 is 35.7 Å². The SMILES string of the molecule is C.CN(C)CCNC(=O)S.NC(=O)S.[H-].[Na+]. The first-order chi connectivity index (χ1) is 5.86. The summed E-state index contributed by atoms with van der Waals surface area (Å²) in [6.07, 6.45) is 0. The number of carbonyl (C=O) groups excluding carboxylic acids is 2. The molecule has 0 aromatic rings. The number of nitrogens with two attached hydrogens (primary N) is 1. The first kappa shape index (κ1) is 24.7. The first-order valence-corrected chi connectivity index (χ1v) is 4.35. The average Bonchev–Trinajstić information content (AvgIpc) is 1.83. The summed E-state index contributed by atoms with van der Waals surface area (Å²) in [6, 6.07) is 0. The predicted molar refractivity (Wildman–Crippen MR) is 67.4 cm³/mol. The van der Waals surface area contributed by atoms with Crippen molar-refractivity contribution in [2.45, 2.75) is 7.43 Å². The van der Waals surface area contributed by atoms with Gasteiger partial charge in [0.05, 0.1) is 0 Å². The van der Waals surface area contributed by atoms with Crippen molar-refractivity contribution in [2.24, 2.45) is 5.73 Å². The molecule has 8 heteroatoms. The summed E-state index contributed by atoms with van der Waals surface area (Å²) < 4.78 is 0. The topological polar surface area (TPSA) is 75.4 Å². The van der Waals surface area contributed by atoms with E-state index >= 15 is 0 Å². The maximum absolute atomic E-state index is 10.2. The normalized spacial score (nSPS) is 7.53. The Labute approximate surface area is 126 Å². The number of hydrogen-bond acceptors (Lipinski definition) is 3. The Bertz CT molecular complexity index is 172. The molecule has 5 nitrogen and oxygen atoms in total. The quantitative estimate of drug-likeness (QED) is 0.350. The van der Waals surface area contributed by atoms with Crippen molar-refractivity contribution in [3.8, 4) is 0 Å². The molecule has 0 aromatic heterocycles. The van der Waals surface area contributed by atoms with Gasteiger partial charge in [-0.05, 0) is 14.1 Å². The minimum atomic E-state index is -0.639. The fraction of sp³-hybridized carbons (Fsp3) is 0.714. The molecule has 0 unspecified atom stereocenters. The molecule has 0 atom stereocenters. The van der Waals surface area contributed by atoms with Gasteiger partial charge in [-0.3, -0.25) is 9.59 Å². The predicted octanol–water partition coefficient (Wildman–Crippen LogP) is -2.07. The van der Waals surface area contributed by atoms with E-state index in [1.54, 1.807) is 0 Å². The summed E-state index contributed by atoms with van der Waals surface area (Å²) in [7, 11) is 3.90. The Morgan fingerprint density at radius 3 is 1.93 bits per heavy atom. The maximum atomic E-state index is 10.2. The Hall–Kier alpha value is 0.600. The molecule has 0 aliphatic rings. The maximum Gasteiger partial charge on any atom is 1.00 e. The molecule has 0 spiro atoms. The van der Waals surface area contributed by atoms with Crippen molar-refractivity contribution in [3.05, 3.63) is 0 Å². The van der Waals surface area contributed by atoms with E-state index in [9.17, 15) is 4.79 Å². The molecule has 0 saturated heterocycles. The summed E-state index contributed by atoms with van der Waals surface area (Å²) in [4.78, 5) is 21.2. The molecule has 3 N–H and O–H groups in total. The van der Waals surface area contributed by atoms with Gasteiger partial charge in [-0.1, -0.05) is 32.7 Å². The van der Waals surface area contributed by atoms with Crippen LogP contribution in [0.3, 0.4) is 0 Å². The number of nitrogens with zero attached hydrogens (tertiary/aromatic N) is 1. The Kier molecular flexibility index (Phi) is 28.0. The number of nitrogens with one attached hydrogen (secondary N) is 1. The Morgan fingerprint density at radius 2 is 1.73 bits per heavy atom. The Morgan fingerprint density at radius 1 is 1.40 bits per heavy atom. The summed E-state index contributed by atoms with van der Waals surface area (Å²) in [5.41, 5.74) is 4.34. The molecule has 0 aromatic carbocycles. The van der Waals surface area contributed by atoms with Crippen LogP contribution in [0.25, 0.3) is 0 Å². The minimum Gasteiger partial charge on any atom is -1.00 e. The van der Waals surface area contributed by atoms with Crippen molar-refractivity contribution < 1.29 is 40.6 Å². The zero-order chi connectivity index (χ0) is 10.9. The fourth-order valence-corrected chi connectivity index (χ4v) is 0.498. The number of hydrogen-bond donors (Lipinski definition) is 4. The van der Waals surface area contributed by atoms with E-state index in [4.69, 9.17) is 4.79 Å². The van der Waals surface area contributed by atoms with Crippen LogP contribution in [0.5, 0.6) is 0 Å². The second-order valence-electron chi connectivity index (χ2n) is 2.37. The van der Waals surface area contributed by atoms with Crippen LogP contribution in [-0.4, -0.2) is 42.6 Å². The van der Waals surface area contributed by atoms with Crippen LogP contribution < -0.4 is 40.6 Å². The van der Waals surface area contributed by atoms with Gasteiger partial charge in [-0.2, -0.15) is 0 Å². The molecule has 0 heterocycles. The molecule has 15 heavy (non-hydrogen) atoms. The van der Waals surface area contributed by atoms with Gasteiger partial charge in [0.2, 0.25) is 0 Å². The average molecular weight is 265 g/mol. The summed E-state index contributed by atoms with van der Waals surface area (Å²) in [5, 5.41) is 1.65. The third-order valence-corrected chi connectivity index (χ3v) is 0.993. The Balaban J connectivity index is -0.0000000511.